The van der Waals surface area contributed by atoms with Crippen LogP contribution in [-0.4, -0.2) is 22.7 Å². The number of thioether (sulfide) groups is 1. The lowest BCUT2D eigenvalue weighted by Gasteiger charge is -2.12. The first kappa shape index (κ1) is 13.4. The molecule has 18 heavy (non-hydrogen) atoms. The largest absolute Gasteiger partial charge is 0.392 e. The van der Waals surface area contributed by atoms with Gasteiger partial charge in [-0.15, -0.1) is 0 Å². The molecule has 2 heteroatoms. The second kappa shape index (κ2) is 6.81. The van der Waals surface area contributed by atoms with Crippen LogP contribution in [0.4, 0.5) is 0 Å². The Morgan fingerprint density at radius 3 is 2.72 bits per heavy atom. The van der Waals surface area contributed by atoms with E-state index in [2.05, 4.69) is 49.4 Å². The van der Waals surface area contributed by atoms with Crippen molar-refractivity contribution in [2.45, 2.75) is 25.9 Å². The Labute approximate surface area is 113 Å². The van der Waals surface area contributed by atoms with Gasteiger partial charge in [0, 0.05) is 5.75 Å². The minimum atomic E-state index is -0.243. The summed E-state index contributed by atoms with van der Waals surface area (Å²) in [5.41, 5.74) is 1.25. The molecule has 1 N–H and O–H groups in total. The van der Waals surface area contributed by atoms with Crippen molar-refractivity contribution in [2.75, 3.05) is 11.5 Å². The lowest BCUT2D eigenvalue weighted by Crippen LogP contribution is -2.14. The van der Waals surface area contributed by atoms with Crippen LogP contribution >= 0.6 is 11.8 Å². The summed E-state index contributed by atoms with van der Waals surface area (Å²) < 4.78 is 0. The van der Waals surface area contributed by atoms with Crippen molar-refractivity contribution in [3.05, 3.63) is 48.0 Å². The standard InChI is InChI=1S/C16H20OS/c1-2-10-18-12-15(17)11-14-8-5-7-13-6-3-4-9-16(13)14/h3-9,15,17H,2,10-12H2,1H3. The van der Waals surface area contributed by atoms with Gasteiger partial charge in [-0.1, -0.05) is 49.4 Å². The minimum absolute atomic E-state index is 0.243. The summed E-state index contributed by atoms with van der Waals surface area (Å²) in [7, 11) is 0. The predicted octanol–water partition coefficient (Wildman–Crippen LogP) is 3.89. The second-order valence-corrected chi connectivity index (χ2v) is 5.72. The number of rotatable bonds is 6. The molecule has 0 amide bonds. The molecule has 0 spiro atoms. The summed E-state index contributed by atoms with van der Waals surface area (Å²) >= 11 is 1.84. The number of aliphatic hydroxyl groups excluding tert-OH is 1. The summed E-state index contributed by atoms with van der Waals surface area (Å²) in [6, 6.07) is 14.7. The maximum Gasteiger partial charge on any atom is 0.0671 e. The SMILES string of the molecule is CCCSCC(O)Cc1cccc2ccccc12. The van der Waals surface area contributed by atoms with Gasteiger partial charge < -0.3 is 5.11 Å². The zero-order chi connectivity index (χ0) is 12.8. The summed E-state index contributed by atoms with van der Waals surface area (Å²) in [6.07, 6.45) is 1.68. The van der Waals surface area contributed by atoms with Crippen LogP contribution in [0.3, 0.4) is 0 Å². The van der Waals surface area contributed by atoms with Crippen LogP contribution in [0, 0.1) is 0 Å². The van der Waals surface area contributed by atoms with Crippen LogP contribution < -0.4 is 0 Å². The van der Waals surface area contributed by atoms with E-state index < -0.39 is 0 Å². The van der Waals surface area contributed by atoms with Crippen molar-refractivity contribution in [1.82, 2.24) is 0 Å². The number of fused-ring (bicyclic) bond motifs is 1. The van der Waals surface area contributed by atoms with Crippen molar-refractivity contribution >= 4 is 22.5 Å². The molecule has 0 aliphatic rings. The summed E-state index contributed by atoms with van der Waals surface area (Å²) in [6.45, 7) is 2.17. The Kier molecular flexibility index (Phi) is 5.09. The van der Waals surface area contributed by atoms with Crippen LogP contribution in [0.25, 0.3) is 10.8 Å². The van der Waals surface area contributed by atoms with Crippen LogP contribution in [-0.2, 0) is 6.42 Å². The van der Waals surface area contributed by atoms with Gasteiger partial charge in [0.2, 0.25) is 0 Å². The van der Waals surface area contributed by atoms with E-state index >= 15 is 0 Å². The van der Waals surface area contributed by atoms with Crippen LogP contribution in [0.5, 0.6) is 0 Å². The molecule has 0 fully saturated rings. The molecule has 0 saturated carbocycles. The van der Waals surface area contributed by atoms with Gasteiger partial charge in [-0.2, -0.15) is 11.8 Å². The third kappa shape index (κ3) is 3.50. The van der Waals surface area contributed by atoms with E-state index in [0.717, 1.165) is 17.9 Å². The molecule has 96 valence electrons. The zero-order valence-corrected chi connectivity index (χ0v) is 11.6. The molecule has 2 rings (SSSR count). The zero-order valence-electron chi connectivity index (χ0n) is 10.8. The molecular formula is C16H20OS. The molecule has 2 aromatic rings. The number of hydrogen-bond donors (Lipinski definition) is 1. The van der Waals surface area contributed by atoms with E-state index in [1.54, 1.807) is 0 Å². The Morgan fingerprint density at radius 2 is 1.89 bits per heavy atom. The van der Waals surface area contributed by atoms with Gasteiger partial charge in [-0.25, -0.2) is 0 Å². The highest BCUT2D eigenvalue weighted by Crippen LogP contribution is 2.20. The molecule has 0 heterocycles. The number of aliphatic hydroxyl groups is 1. The molecule has 0 aromatic heterocycles. The van der Waals surface area contributed by atoms with Gasteiger partial charge in [-0.05, 0) is 34.9 Å². The number of benzene rings is 2. The Balaban J connectivity index is 2.07. The Bertz CT molecular complexity index is 490. The second-order valence-electron chi connectivity index (χ2n) is 4.57. The highest BCUT2D eigenvalue weighted by Gasteiger charge is 2.08. The summed E-state index contributed by atoms with van der Waals surface area (Å²) in [4.78, 5) is 0. The van der Waals surface area contributed by atoms with Gasteiger partial charge in [0.1, 0.15) is 0 Å². The van der Waals surface area contributed by atoms with Gasteiger partial charge >= 0.3 is 0 Å². The van der Waals surface area contributed by atoms with E-state index in [-0.39, 0.29) is 6.10 Å². The monoisotopic (exact) mass is 260 g/mol. The average Bonchev–Trinajstić information content (AvgIpc) is 2.39. The molecule has 1 nitrogen and oxygen atoms in total. The first-order valence-electron chi connectivity index (χ1n) is 6.53. The van der Waals surface area contributed by atoms with Crippen molar-refractivity contribution in [2.24, 2.45) is 0 Å². The van der Waals surface area contributed by atoms with Gasteiger partial charge in [0.25, 0.3) is 0 Å². The first-order chi connectivity index (χ1) is 8.81. The molecule has 0 aliphatic heterocycles. The first-order valence-corrected chi connectivity index (χ1v) is 7.69. The van der Waals surface area contributed by atoms with Crippen molar-refractivity contribution in [1.29, 1.82) is 0 Å². The quantitative estimate of drug-likeness (QED) is 0.795. The van der Waals surface area contributed by atoms with E-state index in [9.17, 15) is 5.11 Å². The maximum atomic E-state index is 10.1. The van der Waals surface area contributed by atoms with E-state index in [0.29, 0.717) is 0 Å². The smallest absolute Gasteiger partial charge is 0.0671 e. The molecule has 0 aliphatic carbocycles. The molecule has 1 atom stereocenters. The summed E-state index contributed by atoms with van der Waals surface area (Å²) in [5, 5.41) is 12.6. The van der Waals surface area contributed by atoms with Crippen molar-refractivity contribution in [3.8, 4) is 0 Å². The fourth-order valence-corrected chi connectivity index (χ4v) is 2.99. The van der Waals surface area contributed by atoms with Crippen LogP contribution in [0.15, 0.2) is 42.5 Å². The molecule has 0 bridgehead atoms. The molecular weight excluding hydrogens is 240 g/mol. The number of hydrogen-bond acceptors (Lipinski definition) is 2. The lowest BCUT2D eigenvalue weighted by atomic mass is 10.0. The average molecular weight is 260 g/mol. The Hall–Kier alpha value is -0.990. The fraction of sp³-hybridized carbons (Fsp3) is 0.375. The highest BCUT2D eigenvalue weighted by atomic mass is 32.2. The topological polar surface area (TPSA) is 20.2 Å². The normalized spacial score (nSPS) is 12.8. The Morgan fingerprint density at radius 1 is 1.11 bits per heavy atom. The lowest BCUT2D eigenvalue weighted by molar-refractivity contribution is 0.200. The van der Waals surface area contributed by atoms with Crippen molar-refractivity contribution in [3.63, 3.8) is 0 Å². The molecule has 0 saturated heterocycles. The molecule has 2 aromatic carbocycles. The van der Waals surface area contributed by atoms with E-state index in [1.165, 1.54) is 22.8 Å². The fourth-order valence-electron chi connectivity index (χ4n) is 2.15. The van der Waals surface area contributed by atoms with Crippen molar-refractivity contribution < 1.29 is 5.11 Å². The van der Waals surface area contributed by atoms with Crippen LogP contribution in [0.2, 0.25) is 0 Å². The summed E-state index contributed by atoms with van der Waals surface area (Å²) in [5.74, 6) is 1.96. The third-order valence-electron chi connectivity index (χ3n) is 2.99. The maximum absolute atomic E-state index is 10.1. The van der Waals surface area contributed by atoms with Crippen LogP contribution in [0.1, 0.15) is 18.9 Å². The van der Waals surface area contributed by atoms with E-state index in [4.69, 9.17) is 0 Å². The predicted molar refractivity (Wildman–Crippen MR) is 81.3 cm³/mol. The highest BCUT2D eigenvalue weighted by molar-refractivity contribution is 7.99. The molecule has 0 radical (unpaired) electrons. The molecule has 1 unspecified atom stereocenters. The van der Waals surface area contributed by atoms with E-state index in [1.807, 2.05) is 11.8 Å². The van der Waals surface area contributed by atoms with Gasteiger partial charge in [-0.3, -0.25) is 0 Å². The van der Waals surface area contributed by atoms with Gasteiger partial charge in [0.05, 0.1) is 6.10 Å². The van der Waals surface area contributed by atoms with Gasteiger partial charge in [0.15, 0.2) is 0 Å². The minimum Gasteiger partial charge on any atom is -0.392 e. The third-order valence-corrected chi connectivity index (χ3v) is 4.31.